The van der Waals surface area contributed by atoms with Gasteiger partial charge in [-0.05, 0) is 45.8 Å². The Balaban J connectivity index is 2.42. The van der Waals surface area contributed by atoms with E-state index in [2.05, 4.69) is 16.0 Å². The summed E-state index contributed by atoms with van der Waals surface area (Å²) in [5.74, 6) is 0. The van der Waals surface area contributed by atoms with Gasteiger partial charge in [-0.2, -0.15) is 5.26 Å². The lowest BCUT2D eigenvalue weighted by Crippen LogP contribution is -2.41. The summed E-state index contributed by atoms with van der Waals surface area (Å²) in [7, 11) is 0. The minimum absolute atomic E-state index is 0.519. The molecule has 3 nitrogen and oxygen atoms in total. The topological polar surface area (TPSA) is 39.9 Å². The number of aryl methyl sites for hydroxylation is 1. The Hall–Kier alpha value is -1.40. The normalized spacial score (nSPS) is 20.3. The molecule has 1 aromatic heterocycles. The van der Waals surface area contributed by atoms with Crippen LogP contribution >= 0.6 is 0 Å². The molecule has 3 heteroatoms. The lowest BCUT2D eigenvalue weighted by atomic mass is 9.91. The first-order valence-electron chi connectivity index (χ1n) is 5.77. The zero-order valence-electron chi connectivity index (χ0n) is 9.90. The average Bonchev–Trinajstić information content (AvgIpc) is 2.82. The van der Waals surface area contributed by atoms with Gasteiger partial charge in [0.15, 0.2) is 0 Å². The van der Waals surface area contributed by atoms with Crippen molar-refractivity contribution in [3.05, 3.63) is 29.6 Å². The molecule has 0 aromatic carbocycles. The van der Waals surface area contributed by atoms with Crippen LogP contribution in [0.15, 0.2) is 18.3 Å². The predicted molar refractivity (Wildman–Crippen MR) is 62.7 cm³/mol. The summed E-state index contributed by atoms with van der Waals surface area (Å²) in [5.41, 5.74) is 1.48. The van der Waals surface area contributed by atoms with Gasteiger partial charge in [0, 0.05) is 17.5 Å². The van der Waals surface area contributed by atoms with Crippen LogP contribution < -0.4 is 0 Å². The molecule has 2 heterocycles. The molecule has 0 amide bonds. The molecule has 0 aliphatic carbocycles. The molecule has 1 aliphatic heterocycles. The SMILES string of the molecule is Cc1ncccc1C(C)(C#N)N1CCCC1. The van der Waals surface area contributed by atoms with Gasteiger partial charge in [-0.3, -0.25) is 9.88 Å². The Kier molecular flexibility index (Phi) is 2.93. The van der Waals surface area contributed by atoms with Gasteiger partial charge in [0.25, 0.3) is 0 Å². The van der Waals surface area contributed by atoms with Crippen LogP contribution in [-0.4, -0.2) is 23.0 Å². The predicted octanol–water partition coefficient (Wildman–Crippen LogP) is 2.22. The molecule has 1 saturated heterocycles. The number of nitriles is 1. The summed E-state index contributed by atoms with van der Waals surface area (Å²) in [6.45, 7) is 6.00. The number of rotatable bonds is 2. The maximum Gasteiger partial charge on any atom is 0.133 e. The second-order valence-electron chi connectivity index (χ2n) is 4.51. The lowest BCUT2D eigenvalue weighted by molar-refractivity contribution is 0.192. The highest BCUT2D eigenvalue weighted by molar-refractivity contribution is 5.33. The van der Waals surface area contributed by atoms with E-state index in [1.54, 1.807) is 6.20 Å². The number of hydrogen-bond acceptors (Lipinski definition) is 3. The molecule has 2 rings (SSSR count). The van der Waals surface area contributed by atoms with Gasteiger partial charge in [0.2, 0.25) is 0 Å². The fourth-order valence-corrected chi connectivity index (χ4v) is 2.46. The van der Waals surface area contributed by atoms with Crippen molar-refractivity contribution in [2.45, 2.75) is 32.2 Å². The Morgan fingerprint density at radius 3 is 2.69 bits per heavy atom. The van der Waals surface area contributed by atoms with Gasteiger partial charge in [-0.25, -0.2) is 0 Å². The molecule has 1 aromatic rings. The fourth-order valence-electron chi connectivity index (χ4n) is 2.46. The molecular weight excluding hydrogens is 198 g/mol. The average molecular weight is 215 g/mol. The Bertz CT molecular complexity index is 415. The smallest absolute Gasteiger partial charge is 0.133 e. The van der Waals surface area contributed by atoms with Crippen molar-refractivity contribution in [1.29, 1.82) is 5.26 Å². The van der Waals surface area contributed by atoms with Gasteiger partial charge >= 0.3 is 0 Å². The van der Waals surface area contributed by atoms with Crippen LogP contribution in [0, 0.1) is 18.3 Å². The zero-order valence-corrected chi connectivity index (χ0v) is 9.90. The van der Waals surface area contributed by atoms with E-state index in [1.165, 1.54) is 12.8 Å². The summed E-state index contributed by atoms with van der Waals surface area (Å²) in [4.78, 5) is 6.55. The van der Waals surface area contributed by atoms with Crippen LogP contribution in [0.3, 0.4) is 0 Å². The molecule has 0 spiro atoms. The molecule has 84 valence electrons. The minimum Gasteiger partial charge on any atom is -0.282 e. The minimum atomic E-state index is -0.519. The Morgan fingerprint density at radius 2 is 2.12 bits per heavy atom. The molecule has 1 unspecified atom stereocenters. The summed E-state index contributed by atoms with van der Waals surface area (Å²) >= 11 is 0. The Morgan fingerprint density at radius 1 is 1.44 bits per heavy atom. The van der Waals surface area contributed by atoms with E-state index in [0.717, 1.165) is 24.3 Å². The van der Waals surface area contributed by atoms with Crippen molar-refractivity contribution in [3.8, 4) is 6.07 Å². The van der Waals surface area contributed by atoms with Crippen molar-refractivity contribution in [1.82, 2.24) is 9.88 Å². The monoisotopic (exact) mass is 215 g/mol. The second-order valence-corrected chi connectivity index (χ2v) is 4.51. The highest BCUT2D eigenvalue weighted by Crippen LogP contribution is 2.31. The van der Waals surface area contributed by atoms with E-state index in [9.17, 15) is 5.26 Å². The summed E-state index contributed by atoms with van der Waals surface area (Å²) in [6.07, 6.45) is 4.16. The highest BCUT2D eigenvalue weighted by Gasteiger charge is 2.36. The summed E-state index contributed by atoms with van der Waals surface area (Å²) in [5, 5.41) is 9.50. The first kappa shape index (κ1) is 11.1. The number of likely N-dealkylation sites (tertiary alicyclic amines) is 1. The maximum absolute atomic E-state index is 9.50. The van der Waals surface area contributed by atoms with Crippen LogP contribution in [0.25, 0.3) is 0 Å². The van der Waals surface area contributed by atoms with Crippen LogP contribution in [0.2, 0.25) is 0 Å². The second kappa shape index (κ2) is 4.23. The van der Waals surface area contributed by atoms with E-state index in [0.29, 0.717) is 0 Å². The van der Waals surface area contributed by atoms with E-state index >= 15 is 0 Å². The molecule has 0 N–H and O–H groups in total. The van der Waals surface area contributed by atoms with E-state index < -0.39 is 5.54 Å². The summed E-state index contributed by atoms with van der Waals surface area (Å²) in [6, 6.07) is 6.39. The lowest BCUT2D eigenvalue weighted by Gasteiger charge is -2.33. The zero-order chi connectivity index (χ0) is 11.6. The van der Waals surface area contributed by atoms with Crippen molar-refractivity contribution in [3.63, 3.8) is 0 Å². The molecule has 1 fully saturated rings. The molecular formula is C13H17N3. The van der Waals surface area contributed by atoms with Crippen molar-refractivity contribution in [2.24, 2.45) is 0 Å². The first-order valence-corrected chi connectivity index (χ1v) is 5.77. The van der Waals surface area contributed by atoms with Crippen molar-refractivity contribution in [2.75, 3.05) is 13.1 Å². The van der Waals surface area contributed by atoms with E-state index in [4.69, 9.17) is 0 Å². The molecule has 0 bridgehead atoms. The quantitative estimate of drug-likeness (QED) is 0.759. The largest absolute Gasteiger partial charge is 0.282 e. The highest BCUT2D eigenvalue weighted by atomic mass is 15.2. The van der Waals surface area contributed by atoms with Gasteiger partial charge in [-0.15, -0.1) is 0 Å². The standard InChI is InChI=1S/C13H17N3/c1-11-12(6-5-7-15-11)13(2,10-14)16-8-3-4-9-16/h5-7H,3-4,8-9H2,1-2H3. The van der Waals surface area contributed by atoms with Crippen LogP contribution in [0.1, 0.15) is 31.0 Å². The first-order chi connectivity index (χ1) is 7.68. The van der Waals surface area contributed by atoms with Gasteiger partial charge in [0.1, 0.15) is 5.54 Å². The third-order valence-corrected chi connectivity index (χ3v) is 3.49. The number of pyridine rings is 1. The Labute approximate surface area is 96.7 Å². The number of nitrogens with zero attached hydrogens (tertiary/aromatic N) is 3. The maximum atomic E-state index is 9.50. The third-order valence-electron chi connectivity index (χ3n) is 3.49. The van der Waals surface area contributed by atoms with Gasteiger partial charge < -0.3 is 0 Å². The molecule has 1 aliphatic rings. The third kappa shape index (κ3) is 1.70. The van der Waals surface area contributed by atoms with E-state index in [1.807, 2.05) is 26.0 Å². The molecule has 1 atom stereocenters. The van der Waals surface area contributed by atoms with Crippen molar-refractivity contribution < 1.29 is 0 Å². The van der Waals surface area contributed by atoms with Crippen LogP contribution in [0.5, 0.6) is 0 Å². The van der Waals surface area contributed by atoms with E-state index in [-0.39, 0.29) is 0 Å². The molecule has 16 heavy (non-hydrogen) atoms. The number of aromatic nitrogens is 1. The summed E-state index contributed by atoms with van der Waals surface area (Å²) < 4.78 is 0. The molecule has 0 saturated carbocycles. The van der Waals surface area contributed by atoms with Crippen LogP contribution in [0.4, 0.5) is 0 Å². The fraction of sp³-hybridized carbons (Fsp3) is 0.538. The van der Waals surface area contributed by atoms with Gasteiger partial charge in [-0.1, -0.05) is 6.07 Å². The number of hydrogen-bond donors (Lipinski definition) is 0. The van der Waals surface area contributed by atoms with Crippen LogP contribution in [-0.2, 0) is 5.54 Å². The van der Waals surface area contributed by atoms with Crippen molar-refractivity contribution >= 4 is 0 Å². The van der Waals surface area contributed by atoms with Gasteiger partial charge in [0.05, 0.1) is 6.07 Å². The molecule has 0 radical (unpaired) electrons.